The highest BCUT2D eigenvalue weighted by Gasteiger charge is 2.21. The highest BCUT2D eigenvalue weighted by molar-refractivity contribution is 6.04. The minimum absolute atomic E-state index is 0.141. The quantitative estimate of drug-likeness (QED) is 0.687. The van der Waals surface area contributed by atoms with Crippen LogP contribution in [0.4, 0.5) is 17.2 Å². The first-order valence-corrected chi connectivity index (χ1v) is 9.83. The fourth-order valence-corrected chi connectivity index (χ4v) is 3.60. The summed E-state index contributed by atoms with van der Waals surface area (Å²) in [5.74, 6) is 0.659. The van der Waals surface area contributed by atoms with Crippen LogP contribution < -0.4 is 14.7 Å². The number of hydrogen-bond acceptors (Lipinski definition) is 5. The van der Waals surface area contributed by atoms with Gasteiger partial charge in [-0.05, 0) is 36.8 Å². The molecule has 1 aliphatic heterocycles. The third-order valence-corrected chi connectivity index (χ3v) is 5.29. The van der Waals surface area contributed by atoms with Crippen molar-refractivity contribution in [3.63, 3.8) is 0 Å². The molecule has 0 radical (unpaired) electrons. The van der Waals surface area contributed by atoms with Crippen LogP contribution in [0.5, 0.6) is 0 Å². The highest BCUT2D eigenvalue weighted by Crippen LogP contribution is 2.21. The van der Waals surface area contributed by atoms with Crippen LogP contribution in [0.25, 0.3) is 0 Å². The molecular weight excluding hydrogens is 362 g/mol. The molecule has 0 N–H and O–H groups in total. The summed E-state index contributed by atoms with van der Waals surface area (Å²) in [6.07, 6.45) is 1.48. The van der Waals surface area contributed by atoms with E-state index >= 15 is 0 Å². The van der Waals surface area contributed by atoms with Crippen LogP contribution in [0.1, 0.15) is 16.1 Å². The van der Waals surface area contributed by atoms with Gasteiger partial charge in [-0.3, -0.25) is 4.79 Å². The summed E-state index contributed by atoms with van der Waals surface area (Å²) >= 11 is 0. The Morgan fingerprint density at radius 3 is 2.34 bits per heavy atom. The molecule has 0 aliphatic carbocycles. The maximum absolute atomic E-state index is 12.9. The molecule has 29 heavy (non-hydrogen) atoms. The number of carbonyl (C=O) groups is 1. The molecular formula is C23H25N5O. The van der Waals surface area contributed by atoms with Gasteiger partial charge in [0.05, 0.1) is 0 Å². The van der Waals surface area contributed by atoms with Gasteiger partial charge in [0.15, 0.2) is 0 Å². The van der Waals surface area contributed by atoms with Crippen LogP contribution in [0, 0.1) is 6.92 Å². The number of anilines is 3. The average molecular weight is 387 g/mol. The standard InChI is InChI=1S/C23H25N5O/c1-18-7-6-10-20(15-18)27-11-13-28(14-12-27)22-16-21(24-17-25-22)23(29)26(2)19-8-4-3-5-9-19/h3-10,15-17H,11-14H2,1-2H3. The Morgan fingerprint density at radius 1 is 0.897 bits per heavy atom. The van der Waals surface area contributed by atoms with E-state index in [4.69, 9.17) is 0 Å². The number of nitrogens with zero attached hydrogens (tertiary/aromatic N) is 5. The topological polar surface area (TPSA) is 52.6 Å². The number of benzene rings is 2. The molecule has 148 valence electrons. The van der Waals surface area contributed by atoms with Crippen LogP contribution in [-0.2, 0) is 0 Å². The third-order valence-electron chi connectivity index (χ3n) is 5.29. The summed E-state index contributed by atoms with van der Waals surface area (Å²) < 4.78 is 0. The minimum atomic E-state index is -0.141. The second-order valence-corrected chi connectivity index (χ2v) is 7.27. The number of aryl methyl sites for hydroxylation is 1. The largest absolute Gasteiger partial charge is 0.368 e. The number of amides is 1. The summed E-state index contributed by atoms with van der Waals surface area (Å²) in [6.45, 7) is 5.66. The summed E-state index contributed by atoms with van der Waals surface area (Å²) in [5, 5.41) is 0. The lowest BCUT2D eigenvalue weighted by Crippen LogP contribution is -2.47. The van der Waals surface area contributed by atoms with Crippen LogP contribution in [0.15, 0.2) is 67.0 Å². The predicted octanol–water partition coefficient (Wildman–Crippen LogP) is 3.39. The summed E-state index contributed by atoms with van der Waals surface area (Å²) in [6, 6.07) is 20.0. The van der Waals surface area contributed by atoms with Gasteiger partial charge in [0.1, 0.15) is 17.8 Å². The molecule has 1 saturated heterocycles. The van der Waals surface area contributed by atoms with Crippen LogP contribution in [0.3, 0.4) is 0 Å². The van der Waals surface area contributed by atoms with Gasteiger partial charge < -0.3 is 14.7 Å². The normalized spacial score (nSPS) is 14.0. The molecule has 6 nitrogen and oxygen atoms in total. The maximum Gasteiger partial charge on any atom is 0.276 e. The zero-order valence-electron chi connectivity index (χ0n) is 16.8. The van der Waals surface area contributed by atoms with Crippen molar-refractivity contribution < 1.29 is 4.79 Å². The Bertz CT molecular complexity index is 983. The Labute approximate surface area is 171 Å². The number of hydrogen-bond donors (Lipinski definition) is 0. The molecule has 2 heterocycles. The van der Waals surface area contributed by atoms with E-state index in [1.807, 2.05) is 30.3 Å². The van der Waals surface area contributed by atoms with Crippen molar-refractivity contribution >= 4 is 23.1 Å². The Kier molecular flexibility index (Phi) is 5.42. The molecule has 0 atom stereocenters. The third kappa shape index (κ3) is 4.21. The highest BCUT2D eigenvalue weighted by atomic mass is 16.2. The summed E-state index contributed by atoms with van der Waals surface area (Å²) in [4.78, 5) is 27.7. The molecule has 0 spiro atoms. The zero-order valence-corrected chi connectivity index (χ0v) is 16.8. The van der Waals surface area contributed by atoms with Crippen molar-refractivity contribution in [2.24, 2.45) is 0 Å². The Balaban J connectivity index is 1.45. The molecule has 1 aliphatic rings. The van der Waals surface area contributed by atoms with Gasteiger partial charge in [-0.25, -0.2) is 9.97 Å². The molecule has 4 rings (SSSR count). The van der Waals surface area contributed by atoms with Crippen LogP contribution in [0.2, 0.25) is 0 Å². The first-order valence-electron chi connectivity index (χ1n) is 9.83. The van der Waals surface area contributed by atoms with Gasteiger partial charge >= 0.3 is 0 Å². The molecule has 2 aromatic carbocycles. The number of aromatic nitrogens is 2. The predicted molar refractivity (Wildman–Crippen MR) is 117 cm³/mol. The van der Waals surface area contributed by atoms with E-state index in [1.165, 1.54) is 17.6 Å². The summed E-state index contributed by atoms with van der Waals surface area (Å²) in [7, 11) is 1.76. The number of para-hydroxylation sites is 1. The maximum atomic E-state index is 12.9. The molecule has 1 amide bonds. The van der Waals surface area contributed by atoms with E-state index in [0.717, 1.165) is 37.7 Å². The fraction of sp³-hybridized carbons (Fsp3) is 0.261. The van der Waals surface area contributed by atoms with E-state index < -0.39 is 0 Å². The van der Waals surface area contributed by atoms with Crippen molar-refractivity contribution in [1.29, 1.82) is 0 Å². The Morgan fingerprint density at radius 2 is 1.62 bits per heavy atom. The molecule has 1 fully saturated rings. The number of rotatable bonds is 4. The van der Waals surface area contributed by atoms with Gasteiger partial charge in [0.25, 0.3) is 5.91 Å². The van der Waals surface area contributed by atoms with Gasteiger partial charge in [0, 0.05) is 50.7 Å². The van der Waals surface area contributed by atoms with E-state index in [1.54, 1.807) is 18.0 Å². The minimum Gasteiger partial charge on any atom is -0.368 e. The SMILES string of the molecule is Cc1cccc(N2CCN(c3cc(C(=O)N(C)c4ccccc4)ncn3)CC2)c1. The van der Waals surface area contributed by atoms with Gasteiger partial charge in [-0.2, -0.15) is 0 Å². The van der Waals surface area contributed by atoms with Crippen molar-refractivity contribution in [2.45, 2.75) is 6.92 Å². The first-order chi connectivity index (χ1) is 14.1. The van der Waals surface area contributed by atoms with E-state index in [9.17, 15) is 4.79 Å². The average Bonchev–Trinajstić information content (AvgIpc) is 2.79. The molecule has 0 bridgehead atoms. The Hall–Kier alpha value is -3.41. The van der Waals surface area contributed by atoms with Crippen molar-refractivity contribution in [2.75, 3.05) is 47.9 Å². The molecule has 0 unspecified atom stereocenters. The van der Waals surface area contributed by atoms with E-state index in [-0.39, 0.29) is 5.91 Å². The smallest absolute Gasteiger partial charge is 0.276 e. The molecule has 1 aromatic heterocycles. The van der Waals surface area contributed by atoms with Crippen molar-refractivity contribution in [3.8, 4) is 0 Å². The monoisotopic (exact) mass is 387 g/mol. The molecule has 0 saturated carbocycles. The second kappa shape index (κ2) is 8.31. The molecule has 6 heteroatoms. The van der Waals surface area contributed by atoms with Crippen LogP contribution >= 0.6 is 0 Å². The number of carbonyl (C=O) groups excluding carboxylic acids is 1. The lowest BCUT2D eigenvalue weighted by Gasteiger charge is -2.36. The summed E-state index contributed by atoms with van der Waals surface area (Å²) in [5.41, 5.74) is 3.77. The van der Waals surface area contributed by atoms with Gasteiger partial charge in [0.2, 0.25) is 0 Å². The van der Waals surface area contributed by atoms with Crippen molar-refractivity contribution in [1.82, 2.24) is 9.97 Å². The first kappa shape index (κ1) is 18.9. The van der Waals surface area contributed by atoms with E-state index in [2.05, 4.69) is 51.0 Å². The van der Waals surface area contributed by atoms with Crippen molar-refractivity contribution in [3.05, 3.63) is 78.2 Å². The lowest BCUT2D eigenvalue weighted by atomic mass is 10.2. The number of piperazine rings is 1. The zero-order chi connectivity index (χ0) is 20.2. The second-order valence-electron chi connectivity index (χ2n) is 7.27. The van der Waals surface area contributed by atoms with E-state index in [0.29, 0.717) is 5.69 Å². The van der Waals surface area contributed by atoms with Crippen LogP contribution in [-0.4, -0.2) is 49.1 Å². The lowest BCUT2D eigenvalue weighted by molar-refractivity contribution is 0.0988. The molecule has 3 aromatic rings. The van der Waals surface area contributed by atoms with Gasteiger partial charge in [-0.1, -0.05) is 30.3 Å². The van der Waals surface area contributed by atoms with Gasteiger partial charge in [-0.15, -0.1) is 0 Å². The fourth-order valence-electron chi connectivity index (χ4n) is 3.60.